The summed E-state index contributed by atoms with van der Waals surface area (Å²) < 4.78 is 0. The normalized spacial score (nSPS) is 16.1. The van der Waals surface area contributed by atoms with Crippen molar-refractivity contribution in [3.63, 3.8) is 0 Å². The molecule has 2 bridgehead atoms. The van der Waals surface area contributed by atoms with Crippen molar-refractivity contribution in [1.82, 2.24) is 0 Å². The number of nitro groups is 2. The van der Waals surface area contributed by atoms with Gasteiger partial charge in [-0.25, -0.2) is 4.79 Å². The van der Waals surface area contributed by atoms with Crippen LogP contribution in [-0.2, 0) is 0 Å². The zero-order chi connectivity index (χ0) is 24.7. The van der Waals surface area contributed by atoms with Gasteiger partial charge in [0.2, 0.25) is 0 Å². The van der Waals surface area contributed by atoms with E-state index in [4.69, 9.17) is 5.11 Å². The number of rotatable bonds is 3. The number of aromatic carboxylic acids is 1. The molecule has 172 valence electrons. The van der Waals surface area contributed by atoms with E-state index in [0.717, 1.165) is 18.2 Å². The van der Waals surface area contributed by atoms with Crippen LogP contribution in [0.15, 0.2) is 91.0 Å². The molecule has 3 aliphatic carbocycles. The van der Waals surface area contributed by atoms with E-state index in [1.165, 1.54) is 33.4 Å². The summed E-state index contributed by atoms with van der Waals surface area (Å²) in [6.45, 7) is 0. The maximum atomic E-state index is 10.6. The molecule has 0 atom stereocenters. The van der Waals surface area contributed by atoms with E-state index >= 15 is 0 Å². The second-order valence-corrected chi connectivity index (χ2v) is 8.25. The molecule has 0 heterocycles. The third kappa shape index (κ3) is 3.52. The maximum absolute atomic E-state index is 10.6. The number of carbonyl (C=O) groups is 1. The second kappa shape index (κ2) is 8.49. The lowest BCUT2D eigenvalue weighted by atomic mass is 9.61. The molecule has 0 aliphatic heterocycles. The maximum Gasteiger partial charge on any atom is 0.360 e. The molecule has 8 heteroatoms. The SMILES string of the molecule is O=C(O)c1cccc([N+](=O)[O-])c1[N+](=O)[O-].c1ccc2c(c1)C1c3ccccc3C2c2ccccc21. The van der Waals surface area contributed by atoms with Gasteiger partial charge in [0.25, 0.3) is 0 Å². The summed E-state index contributed by atoms with van der Waals surface area (Å²) in [4.78, 5) is 29.4. The van der Waals surface area contributed by atoms with Crippen LogP contribution >= 0.6 is 0 Å². The van der Waals surface area contributed by atoms with E-state index in [2.05, 4.69) is 72.8 Å². The number of carboxylic acids is 1. The van der Waals surface area contributed by atoms with Gasteiger partial charge in [0.05, 0.1) is 9.85 Å². The van der Waals surface area contributed by atoms with Gasteiger partial charge in [-0.05, 0) is 39.4 Å². The minimum atomic E-state index is -1.58. The van der Waals surface area contributed by atoms with Crippen molar-refractivity contribution in [2.24, 2.45) is 0 Å². The Bertz CT molecular complexity index is 1300. The van der Waals surface area contributed by atoms with Crippen LogP contribution in [-0.4, -0.2) is 20.9 Å². The fraction of sp³-hybridized carbons (Fsp3) is 0.0741. The van der Waals surface area contributed by atoms with Gasteiger partial charge >= 0.3 is 17.3 Å². The Kier molecular flexibility index (Phi) is 5.33. The predicted molar refractivity (Wildman–Crippen MR) is 128 cm³/mol. The highest BCUT2D eigenvalue weighted by molar-refractivity contribution is 5.94. The van der Waals surface area contributed by atoms with Crippen molar-refractivity contribution < 1.29 is 19.7 Å². The van der Waals surface area contributed by atoms with Crippen molar-refractivity contribution in [2.45, 2.75) is 11.8 Å². The highest BCUT2D eigenvalue weighted by atomic mass is 16.6. The van der Waals surface area contributed by atoms with Crippen LogP contribution in [0.25, 0.3) is 0 Å². The molecule has 0 radical (unpaired) electrons. The lowest BCUT2D eigenvalue weighted by Gasteiger charge is -2.42. The van der Waals surface area contributed by atoms with E-state index < -0.39 is 32.8 Å². The quantitative estimate of drug-likeness (QED) is 0.257. The highest BCUT2D eigenvalue weighted by Gasteiger charge is 2.40. The number of hydrogen-bond acceptors (Lipinski definition) is 5. The van der Waals surface area contributed by atoms with Crippen molar-refractivity contribution in [3.05, 3.63) is 150 Å². The van der Waals surface area contributed by atoms with E-state index in [1.807, 2.05) is 0 Å². The summed E-state index contributed by atoms with van der Waals surface area (Å²) in [6.07, 6.45) is 0. The molecule has 35 heavy (non-hydrogen) atoms. The first-order chi connectivity index (χ1) is 16.9. The molecule has 0 saturated heterocycles. The Labute approximate surface area is 199 Å². The van der Waals surface area contributed by atoms with E-state index in [1.54, 1.807) is 0 Å². The molecule has 0 saturated carbocycles. The highest BCUT2D eigenvalue weighted by Crippen LogP contribution is 2.55. The molecule has 1 N–H and O–H groups in total. The first-order valence-electron chi connectivity index (χ1n) is 10.8. The average Bonchev–Trinajstić information content (AvgIpc) is 2.88. The fourth-order valence-electron chi connectivity index (χ4n) is 5.16. The van der Waals surface area contributed by atoms with Gasteiger partial charge in [0.1, 0.15) is 5.56 Å². The Hall–Kier alpha value is -4.85. The van der Waals surface area contributed by atoms with Crippen LogP contribution in [0.2, 0.25) is 0 Å². The summed E-state index contributed by atoms with van der Waals surface area (Å²) >= 11 is 0. The number of nitro benzene ring substituents is 2. The zero-order valence-corrected chi connectivity index (χ0v) is 18.2. The molecule has 0 unspecified atom stereocenters. The second-order valence-electron chi connectivity index (χ2n) is 8.25. The Morgan fingerprint density at radius 2 is 0.971 bits per heavy atom. The molecule has 4 aromatic rings. The van der Waals surface area contributed by atoms with Gasteiger partial charge in [0.15, 0.2) is 0 Å². The number of benzene rings is 4. The molecular weight excluding hydrogens is 448 g/mol. The first-order valence-corrected chi connectivity index (χ1v) is 10.8. The van der Waals surface area contributed by atoms with Crippen molar-refractivity contribution >= 4 is 17.3 Å². The summed E-state index contributed by atoms with van der Waals surface area (Å²) in [5.74, 6) is -0.738. The van der Waals surface area contributed by atoms with Crippen molar-refractivity contribution in [1.29, 1.82) is 0 Å². The van der Waals surface area contributed by atoms with Gasteiger partial charge in [-0.1, -0.05) is 78.9 Å². The minimum Gasteiger partial charge on any atom is -0.477 e. The van der Waals surface area contributed by atoms with E-state index in [0.29, 0.717) is 11.8 Å². The van der Waals surface area contributed by atoms with Gasteiger partial charge in [-0.3, -0.25) is 20.2 Å². The van der Waals surface area contributed by atoms with Crippen LogP contribution in [0.4, 0.5) is 11.4 Å². The molecule has 0 amide bonds. The molecule has 0 fully saturated rings. The van der Waals surface area contributed by atoms with Crippen LogP contribution in [0, 0.1) is 20.2 Å². The van der Waals surface area contributed by atoms with Gasteiger partial charge in [-0.2, -0.15) is 0 Å². The largest absolute Gasteiger partial charge is 0.477 e. The number of carboxylic acid groups (broad SMARTS) is 1. The lowest BCUT2D eigenvalue weighted by Crippen LogP contribution is -2.27. The number of hydrogen-bond donors (Lipinski definition) is 1. The van der Waals surface area contributed by atoms with Crippen LogP contribution in [0.3, 0.4) is 0 Å². The molecule has 0 aromatic heterocycles. The Morgan fingerprint density at radius 3 is 1.26 bits per heavy atom. The summed E-state index contributed by atoms with van der Waals surface area (Å²) in [6, 6.07) is 29.8. The zero-order valence-electron chi connectivity index (χ0n) is 18.2. The monoisotopic (exact) mass is 466 g/mol. The van der Waals surface area contributed by atoms with Crippen molar-refractivity contribution in [3.8, 4) is 0 Å². The van der Waals surface area contributed by atoms with Crippen molar-refractivity contribution in [2.75, 3.05) is 0 Å². The van der Waals surface area contributed by atoms with Gasteiger partial charge < -0.3 is 5.11 Å². The van der Waals surface area contributed by atoms with Crippen LogP contribution < -0.4 is 0 Å². The number of nitrogens with zero attached hydrogens (tertiary/aromatic N) is 2. The minimum absolute atomic E-state index is 0.420. The average molecular weight is 466 g/mol. The predicted octanol–water partition coefficient (Wildman–Crippen LogP) is 5.88. The molecule has 7 rings (SSSR count). The van der Waals surface area contributed by atoms with Crippen LogP contribution in [0.1, 0.15) is 55.6 Å². The van der Waals surface area contributed by atoms with Gasteiger partial charge in [-0.15, -0.1) is 0 Å². The fourth-order valence-corrected chi connectivity index (χ4v) is 5.16. The first kappa shape index (κ1) is 22.0. The Morgan fingerprint density at radius 1 is 0.600 bits per heavy atom. The molecular formula is C27H18N2O6. The van der Waals surface area contributed by atoms with E-state index in [9.17, 15) is 25.0 Å². The standard InChI is InChI=1S/C20H14.C7H4N2O6/c1-2-8-14-13(7-1)19-15-9-3-5-11-17(15)20(14)18-12-6-4-10-16(18)19;10-7(11)4-2-1-3-5(8(12)13)6(4)9(14)15/h1-12,19-20H;1-3H,(H,10,11). The molecule has 3 aliphatic rings. The smallest absolute Gasteiger partial charge is 0.360 e. The lowest BCUT2D eigenvalue weighted by molar-refractivity contribution is -0.422. The van der Waals surface area contributed by atoms with E-state index in [-0.39, 0.29) is 0 Å². The third-order valence-electron chi connectivity index (χ3n) is 6.48. The topological polar surface area (TPSA) is 124 Å². The summed E-state index contributed by atoms with van der Waals surface area (Å²) in [5, 5.41) is 29.5. The summed E-state index contributed by atoms with van der Waals surface area (Å²) in [7, 11) is 0. The molecule has 0 spiro atoms. The van der Waals surface area contributed by atoms with Gasteiger partial charge in [0, 0.05) is 17.9 Å². The van der Waals surface area contributed by atoms with Crippen LogP contribution in [0.5, 0.6) is 0 Å². The Balaban J connectivity index is 0.000000153. The molecule has 8 nitrogen and oxygen atoms in total. The number of para-hydroxylation sites is 1. The summed E-state index contributed by atoms with van der Waals surface area (Å²) in [5.41, 5.74) is 6.43. The molecule has 4 aromatic carbocycles. The third-order valence-corrected chi connectivity index (χ3v) is 6.48.